The van der Waals surface area contributed by atoms with E-state index >= 15 is 0 Å². The van der Waals surface area contributed by atoms with Gasteiger partial charge in [-0.1, -0.05) is 41.9 Å². The van der Waals surface area contributed by atoms with E-state index in [1.54, 1.807) is 18.2 Å². The molecule has 1 atom stereocenters. The van der Waals surface area contributed by atoms with Gasteiger partial charge in [-0.2, -0.15) is 0 Å². The zero-order valence-corrected chi connectivity index (χ0v) is 13.3. The molecule has 0 aliphatic heterocycles. The summed E-state index contributed by atoms with van der Waals surface area (Å²) in [6, 6.07) is 11.2. The number of halogens is 1. The maximum Gasteiger partial charge on any atom is 0.280 e. The molecular weight excluding hydrogens is 334 g/mol. The molecule has 0 bridgehead atoms. The molecule has 0 aliphatic rings. The number of rotatable bonds is 6. The Morgan fingerprint density at radius 2 is 1.67 bits per heavy atom. The van der Waals surface area contributed by atoms with Crippen molar-refractivity contribution < 1.29 is 19.3 Å². The second-order valence-corrected chi connectivity index (χ2v) is 5.49. The number of hydrogen-bond acceptors (Lipinski definition) is 5. The molecule has 0 amide bonds. The minimum Gasteiger partial charge on any atom is -0.299 e. The fraction of sp³-hybridized carbons (Fsp3) is 0.118. The summed E-state index contributed by atoms with van der Waals surface area (Å²) in [6.45, 7) is 1.10. The van der Waals surface area contributed by atoms with Crippen molar-refractivity contribution in [1.29, 1.82) is 0 Å². The Labute approximate surface area is 142 Å². The smallest absolute Gasteiger partial charge is 0.280 e. The average Bonchev–Trinajstić information content (AvgIpc) is 2.54. The van der Waals surface area contributed by atoms with Crippen LogP contribution in [0.5, 0.6) is 0 Å². The zero-order valence-electron chi connectivity index (χ0n) is 12.6. The Morgan fingerprint density at radius 3 is 2.21 bits per heavy atom. The van der Waals surface area contributed by atoms with Crippen LogP contribution in [0.3, 0.4) is 0 Å². The summed E-state index contributed by atoms with van der Waals surface area (Å²) in [5.74, 6) is -3.99. The molecule has 2 rings (SSSR count). The summed E-state index contributed by atoms with van der Waals surface area (Å²) in [5, 5.41) is 11.2. The van der Waals surface area contributed by atoms with Crippen molar-refractivity contribution in [3.05, 3.63) is 74.8 Å². The fourth-order valence-corrected chi connectivity index (χ4v) is 2.45. The largest absolute Gasteiger partial charge is 0.299 e. The van der Waals surface area contributed by atoms with Crippen LogP contribution in [0.2, 0.25) is 5.02 Å². The minimum atomic E-state index is -1.65. The third-order valence-corrected chi connectivity index (χ3v) is 3.65. The first kappa shape index (κ1) is 17.5. The molecule has 0 saturated carbocycles. The Kier molecular flexibility index (Phi) is 5.21. The molecule has 0 spiro atoms. The standard InChI is InChI=1S/C17H12ClNO5/c1-10(20)15(16(21)11-5-3-2-4-6-11)17(22)13-9-12(18)7-8-14(13)19(23)24/h2-9,15H,1H3. The van der Waals surface area contributed by atoms with Gasteiger partial charge in [0.15, 0.2) is 11.6 Å². The summed E-state index contributed by atoms with van der Waals surface area (Å²) in [6.07, 6.45) is 0. The second kappa shape index (κ2) is 7.14. The van der Waals surface area contributed by atoms with Crippen LogP contribution >= 0.6 is 11.6 Å². The van der Waals surface area contributed by atoms with E-state index in [0.717, 1.165) is 19.1 Å². The predicted octanol–water partition coefficient (Wildman–Crippen LogP) is 3.52. The van der Waals surface area contributed by atoms with Gasteiger partial charge in [0.1, 0.15) is 11.7 Å². The SMILES string of the molecule is CC(=O)C(C(=O)c1ccccc1)C(=O)c1cc(Cl)ccc1[N+](=O)[O-]. The molecule has 0 radical (unpaired) electrons. The van der Waals surface area contributed by atoms with Gasteiger partial charge in [0, 0.05) is 16.7 Å². The Balaban J connectivity index is 2.52. The minimum absolute atomic E-state index is 0.0958. The highest BCUT2D eigenvalue weighted by molar-refractivity contribution is 6.32. The van der Waals surface area contributed by atoms with Gasteiger partial charge in [-0.15, -0.1) is 0 Å². The van der Waals surface area contributed by atoms with Gasteiger partial charge < -0.3 is 0 Å². The first-order valence-electron chi connectivity index (χ1n) is 6.90. The summed E-state index contributed by atoms with van der Waals surface area (Å²) in [5.41, 5.74) is -0.691. The Bertz CT molecular complexity index is 832. The van der Waals surface area contributed by atoms with Crippen molar-refractivity contribution in [3.8, 4) is 0 Å². The maximum absolute atomic E-state index is 12.7. The molecule has 7 heteroatoms. The quantitative estimate of drug-likeness (QED) is 0.345. The van der Waals surface area contributed by atoms with E-state index in [2.05, 4.69) is 0 Å². The number of Topliss-reactive ketones (excluding diaryl/α,β-unsaturated/α-hetero) is 3. The molecule has 0 fully saturated rings. The number of nitro benzene ring substituents is 1. The zero-order chi connectivity index (χ0) is 17.9. The molecule has 0 saturated heterocycles. The van der Waals surface area contributed by atoms with Crippen LogP contribution in [0, 0.1) is 16.0 Å². The number of carbonyl (C=O) groups excluding carboxylic acids is 3. The molecule has 122 valence electrons. The van der Waals surface area contributed by atoms with Crippen molar-refractivity contribution in [1.82, 2.24) is 0 Å². The van der Waals surface area contributed by atoms with Gasteiger partial charge in [0.05, 0.1) is 10.5 Å². The van der Waals surface area contributed by atoms with Crippen LogP contribution in [0.4, 0.5) is 5.69 Å². The van der Waals surface area contributed by atoms with Gasteiger partial charge in [-0.3, -0.25) is 24.5 Å². The number of hydrogen-bond donors (Lipinski definition) is 0. The number of nitro groups is 1. The van der Waals surface area contributed by atoms with Gasteiger partial charge in [-0.05, 0) is 19.1 Å². The highest BCUT2D eigenvalue weighted by Gasteiger charge is 2.36. The normalized spacial score (nSPS) is 11.6. The number of nitrogens with zero attached hydrogens (tertiary/aromatic N) is 1. The van der Waals surface area contributed by atoms with Crippen molar-refractivity contribution in [2.24, 2.45) is 5.92 Å². The first-order valence-corrected chi connectivity index (χ1v) is 7.28. The lowest BCUT2D eigenvalue weighted by Crippen LogP contribution is -2.31. The average molecular weight is 346 g/mol. The van der Waals surface area contributed by atoms with Crippen LogP contribution in [0.15, 0.2) is 48.5 Å². The molecular formula is C17H12ClNO5. The highest BCUT2D eigenvalue weighted by Crippen LogP contribution is 2.27. The van der Waals surface area contributed by atoms with Crippen molar-refractivity contribution in [3.63, 3.8) is 0 Å². The summed E-state index contributed by atoms with van der Waals surface area (Å²) >= 11 is 5.80. The summed E-state index contributed by atoms with van der Waals surface area (Å²) < 4.78 is 0. The van der Waals surface area contributed by atoms with E-state index in [1.807, 2.05) is 0 Å². The van der Waals surface area contributed by atoms with Gasteiger partial charge in [0.2, 0.25) is 0 Å². The van der Waals surface area contributed by atoms with Crippen LogP contribution < -0.4 is 0 Å². The number of carbonyl (C=O) groups is 3. The Hall–Kier alpha value is -2.86. The van der Waals surface area contributed by atoms with E-state index in [4.69, 9.17) is 11.6 Å². The second-order valence-electron chi connectivity index (χ2n) is 5.06. The summed E-state index contributed by atoms with van der Waals surface area (Å²) in [4.78, 5) is 47.4. The lowest BCUT2D eigenvalue weighted by Gasteiger charge is -2.12. The number of ketones is 3. The summed E-state index contributed by atoms with van der Waals surface area (Å²) in [7, 11) is 0. The van der Waals surface area contributed by atoms with Crippen LogP contribution in [0.1, 0.15) is 27.6 Å². The van der Waals surface area contributed by atoms with Crippen molar-refractivity contribution in [2.75, 3.05) is 0 Å². The maximum atomic E-state index is 12.7. The van der Waals surface area contributed by atoms with Gasteiger partial charge in [-0.25, -0.2) is 0 Å². The molecule has 6 nitrogen and oxygen atoms in total. The van der Waals surface area contributed by atoms with E-state index in [-0.39, 0.29) is 16.1 Å². The first-order chi connectivity index (χ1) is 11.3. The van der Waals surface area contributed by atoms with Gasteiger partial charge >= 0.3 is 0 Å². The third kappa shape index (κ3) is 3.55. The molecule has 2 aromatic rings. The van der Waals surface area contributed by atoms with Crippen molar-refractivity contribution in [2.45, 2.75) is 6.92 Å². The fourth-order valence-electron chi connectivity index (χ4n) is 2.28. The number of benzene rings is 2. The molecule has 24 heavy (non-hydrogen) atoms. The van der Waals surface area contributed by atoms with Crippen molar-refractivity contribution >= 4 is 34.6 Å². The lowest BCUT2D eigenvalue weighted by atomic mass is 9.87. The van der Waals surface area contributed by atoms with E-state index in [1.165, 1.54) is 18.2 Å². The van der Waals surface area contributed by atoms with E-state index in [0.29, 0.717) is 0 Å². The predicted molar refractivity (Wildman–Crippen MR) is 87.4 cm³/mol. The molecule has 0 aliphatic carbocycles. The molecule has 0 N–H and O–H groups in total. The third-order valence-electron chi connectivity index (χ3n) is 3.41. The van der Waals surface area contributed by atoms with E-state index in [9.17, 15) is 24.5 Å². The highest BCUT2D eigenvalue weighted by atomic mass is 35.5. The van der Waals surface area contributed by atoms with Crippen LogP contribution in [0.25, 0.3) is 0 Å². The van der Waals surface area contributed by atoms with Gasteiger partial charge in [0.25, 0.3) is 5.69 Å². The lowest BCUT2D eigenvalue weighted by molar-refractivity contribution is -0.385. The molecule has 0 aromatic heterocycles. The Morgan fingerprint density at radius 1 is 1.04 bits per heavy atom. The topological polar surface area (TPSA) is 94.3 Å². The van der Waals surface area contributed by atoms with Crippen LogP contribution in [-0.4, -0.2) is 22.3 Å². The molecule has 2 aromatic carbocycles. The molecule has 0 heterocycles. The van der Waals surface area contributed by atoms with Crippen LogP contribution in [-0.2, 0) is 4.79 Å². The molecule has 1 unspecified atom stereocenters. The monoisotopic (exact) mass is 345 g/mol. The van der Waals surface area contributed by atoms with E-state index < -0.39 is 33.9 Å².